The first kappa shape index (κ1) is 28.9. The van der Waals surface area contributed by atoms with E-state index in [0.717, 1.165) is 17.4 Å². The lowest BCUT2D eigenvalue weighted by Crippen LogP contribution is -2.31. The first-order valence-electron chi connectivity index (χ1n) is 11.8. The predicted molar refractivity (Wildman–Crippen MR) is 143 cm³/mol. The number of thiazole rings is 1. The number of rotatable bonds is 9. The molecule has 1 unspecified atom stereocenters. The third-order valence-corrected chi connectivity index (χ3v) is 6.61. The van der Waals surface area contributed by atoms with Crippen LogP contribution < -0.4 is 15.5 Å². The maximum absolute atomic E-state index is 13.7. The van der Waals surface area contributed by atoms with Crippen molar-refractivity contribution >= 4 is 39.7 Å². The first-order chi connectivity index (χ1) is 18.9. The van der Waals surface area contributed by atoms with E-state index in [1.54, 1.807) is 49.2 Å². The molecule has 4 rings (SSSR count). The summed E-state index contributed by atoms with van der Waals surface area (Å²) < 4.78 is 53.0. The Morgan fingerprint density at radius 3 is 2.52 bits per heavy atom. The first-order valence-corrected chi connectivity index (χ1v) is 12.6. The Kier molecular flexibility index (Phi) is 8.61. The molecule has 1 atom stereocenters. The Morgan fingerprint density at radius 1 is 1.12 bits per heavy atom. The summed E-state index contributed by atoms with van der Waals surface area (Å²) in [7, 11) is 1.71. The highest BCUT2D eigenvalue weighted by atomic mass is 32.1. The summed E-state index contributed by atoms with van der Waals surface area (Å²) in [5.74, 6) is -0.863. The lowest BCUT2D eigenvalue weighted by atomic mass is 10.1. The van der Waals surface area contributed by atoms with Crippen molar-refractivity contribution in [3.05, 3.63) is 76.7 Å². The van der Waals surface area contributed by atoms with Crippen LogP contribution in [-0.4, -0.2) is 57.4 Å². The molecule has 0 saturated carbocycles. The second kappa shape index (κ2) is 11.9. The Labute approximate surface area is 230 Å². The summed E-state index contributed by atoms with van der Waals surface area (Å²) in [6, 6.07) is 10.8. The van der Waals surface area contributed by atoms with Crippen molar-refractivity contribution in [1.29, 1.82) is 0 Å². The number of aliphatic hydroxyl groups excluding tert-OH is 2. The summed E-state index contributed by atoms with van der Waals surface area (Å²) in [5.41, 5.74) is -0.152. The molecule has 2 aromatic carbocycles. The molecule has 0 aliphatic heterocycles. The molecule has 0 saturated heterocycles. The van der Waals surface area contributed by atoms with Gasteiger partial charge in [-0.3, -0.25) is 10.1 Å². The maximum atomic E-state index is 13.7. The quantitative estimate of drug-likeness (QED) is 0.209. The largest absolute Gasteiger partial charge is 0.419 e. The number of aromatic nitrogens is 3. The third kappa shape index (κ3) is 6.89. The fraction of sp³-hybridized carbons (Fsp3) is 0.231. The fourth-order valence-corrected chi connectivity index (χ4v) is 4.55. The SMILES string of the molecule is Cc1sc(NC(=O)c2ccc(Nc3cc(N(C)CC(O)CO)ncn3)cc2)nc1-c1ccc(F)c(C(F)(F)F)c1. The van der Waals surface area contributed by atoms with Crippen molar-refractivity contribution < 1.29 is 32.6 Å². The van der Waals surface area contributed by atoms with Crippen molar-refractivity contribution in [2.75, 3.05) is 35.7 Å². The monoisotopic (exact) mass is 576 g/mol. The van der Waals surface area contributed by atoms with Gasteiger partial charge in [-0.2, -0.15) is 13.2 Å². The van der Waals surface area contributed by atoms with Gasteiger partial charge in [0.2, 0.25) is 0 Å². The molecule has 0 aliphatic carbocycles. The number of alkyl halides is 3. The van der Waals surface area contributed by atoms with Crippen LogP contribution in [-0.2, 0) is 6.18 Å². The van der Waals surface area contributed by atoms with Crippen molar-refractivity contribution in [1.82, 2.24) is 15.0 Å². The zero-order valence-corrected chi connectivity index (χ0v) is 22.0. The van der Waals surface area contributed by atoms with E-state index in [9.17, 15) is 27.5 Å². The van der Waals surface area contributed by atoms with Crippen molar-refractivity contribution in [2.24, 2.45) is 0 Å². The molecular formula is C26H24F4N6O3S. The number of benzene rings is 2. The molecule has 4 aromatic rings. The van der Waals surface area contributed by atoms with Crippen LogP contribution in [0.1, 0.15) is 20.8 Å². The van der Waals surface area contributed by atoms with E-state index >= 15 is 0 Å². The van der Waals surface area contributed by atoms with Crippen molar-refractivity contribution in [3.8, 4) is 11.3 Å². The molecule has 0 radical (unpaired) electrons. The van der Waals surface area contributed by atoms with Gasteiger partial charge in [0.15, 0.2) is 5.13 Å². The summed E-state index contributed by atoms with van der Waals surface area (Å²) >= 11 is 1.09. The van der Waals surface area contributed by atoms with Crippen LogP contribution in [0, 0.1) is 12.7 Å². The highest BCUT2D eigenvalue weighted by Crippen LogP contribution is 2.36. The Morgan fingerprint density at radius 2 is 1.85 bits per heavy atom. The average molecular weight is 577 g/mol. The number of aryl methyl sites for hydroxylation is 1. The minimum atomic E-state index is -4.85. The van der Waals surface area contributed by atoms with E-state index in [1.807, 2.05) is 0 Å². The van der Waals surface area contributed by atoms with Crippen molar-refractivity contribution in [2.45, 2.75) is 19.2 Å². The molecule has 14 heteroatoms. The van der Waals surface area contributed by atoms with Crippen LogP contribution in [0.4, 0.5) is 40.0 Å². The number of carbonyl (C=O) groups is 1. The molecule has 0 aliphatic rings. The molecule has 0 bridgehead atoms. The minimum Gasteiger partial charge on any atom is -0.394 e. The van der Waals surface area contributed by atoms with Gasteiger partial charge >= 0.3 is 6.18 Å². The van der Waals surface area contributed by atoms with Crippen molar-refractivity contribution in [3.63, 3.8) is 0 Å². The van der Waals surface area contributed by atoms with Gasteiger partial charge < -0.3 is 20.4 Å². The number of halogens is 4. The molecule has 2 heterocycles. The number of nitrogens with zero attached hydrogens (tertiary/aromatic N) is 4. The summed E-state index contributed by atoms with van der Waals surface area (Å²) in [6.45, 7) is 1.45. The molecule has 4 N–H and O–H groups in total. The smallest absolute Gasteiger partial charge is 0.394 e. The Balaban J connectivity index is 1.43. The number of anilines is 4. The number of amides is 1. The second-order valence-corrected chi connectivity index (χ2v) is 9.95. The number of nitrogens with one attached hydrogen (secondary N) is 2. The summed E-state index contributed by atoms with van der Waals surface area (Å²) in [5, 5.41) is 24.6. The zero-order valence-electron chi connectivity index (χ0n) is 21.2. The van der Waals surface area contributed by atoms with Crippen LogP contribution in [0.25, 0.3) is 11.3 Å². The molecule has 0 fully saturated rings. The van der Waals surface area contributed by atoms with Crippen LogP contribution >= 0.6 is 11.3 Å². The Hall–Kier alpha value is -4.14. The molecule has 2 aromatic heterocycles. The molecule has 9 nitrogen and oxygen atoms in total. The molecular weight excluding hydrogens is 552 g/mol. The normalized spacial score (nSPS) is 12.2. The zero-order chi connectivity index (χ0) is 29.0. The number of hydrogen-bond donors (Lipinski definition) is 4. The van der Waals surface area contributed by atoms with Crippen LogP contribution in [0.5, 0.6) is 0 Å². The molecule has 40 heavy (non-hydrogen) atoms. The maximum Gasteiger partial charge on any atom is 0.419 e. The van der Waals surface area contributed by atoms with Crippen LogP contribution in [0.3, 0.4) is 0 Å². The highest BCUT2D eigenvalue weighted by molar-refractivity contribution is 7.16. The second-order valence-electron chi connectivity index (χ2n) is 8.75. The predicted octanol–water partition coefficient (Wildman–Crippen LogP) is 4.85. The average Bonchev–Trinajstić information content (AvgIpc) is 3.28. The number of carbonyl (C=O) groups excluding carboxylic acids is 1. The fourth-order valence-electron chi connectivity index (χ4n) is 3.72. The van der Waals surface area contributed by atoms with E-state index in [0.29, 0.717) is 33.8 Å². The standard InChI is InChI=1S/C26H24F4N6O3S/c1-14-23(16-5-8-20(27)19(9-16)26(28,29)30)34-25(40-14)35-24(39)15-3-6-17(7-4-15)33-21-10-22(32-13-31-21)36(2)11-18(38)12-37/h3-10,13,18,37-38H,11-12H2,1-2H3,(H,31,32,33)(H,34,35,39). The van der Waals surface area contributed by atoms with Gasteiger partial charge in [0, 0.05) is 41.4 Å². The van der Waals surface area contributed by atoms with Gasteiger partial charge in [-0.25, -0.2) is 19.3 Å². The lowest BCUT2D eigenvalue weighted by Gasteiger charge is -2.20. The van der Waals surface area contributed by atoms with E-state index in [1.165, 1.54) is 12.4 Å². The highest BCUT2D eigenvalue weighted by Gasteiger charge is 2.34. The van der Waals surface area contributed by atoms with Gasteiger partial charge in [0.1, 0.15) is 23.8 Å². The molecule has 0 spiro atoms. The minimum absolute atomic E-state index is 0.0852. The summed E-state index contributed by atoms with van der Waals surface area (Å²) in [6.07, 6.45) is -4.42. The number of aliphatic hydroxyl groups is 2. The lowest BCUT2D eigenvalue weighted by molar-refractivity contribution is -0.139. The van der Waals surface area contributed by atoms with E-state index in [4.69, 9.17) is 5.11 Å². The number of hydrogen-bond acceptors (Lipinski definition) is 9. The number of likely N-dealkylation sites (N-methyl/N-ethyl adjacent to an activating group) is 1. The molecule has 1 amide bonds. The third-order valence-electron chi connectivity index (χ3n) is 5.72. The van der Waals surface area contributed by atoms with Gasteiger partial charge in [0.25, 0.3) is 5.91 Å². The van der Waals surface area contributed by atoms with E-state index < -0.39 is 29.6 Å². The van der Waals surface area contributed by atoms with Crippen LogP contribution in [0.2, 0.25) is 0 Å². The van der Waals surface area contributed by atoms with Crippen LogP contribution in [0.15, 0.2) is 54.9 Å². The van der Waals surface area contributed by atoms with Gasteiger partial charge in [-0.05, 0) is 49.4 Å². The van der Waals surface area contributed by atoms with Gasteiger partial charge in [-0.1, -0.05) is 0 Å². The summed E-state index contributed by atoms with van der Waals surface area (Å²) in [4.78, 5) is 27.6. The van der Waals surface area contributed by atoms with E-state index in [2.05, 4.69) is 25.6 Å². The van der Waals surface area contributed by atoms with Gasteiger partial charge in [0.05, 0.1) is 24.0 Å². The molecule has 210 valence electrons. The Bertz CT molecular complexity index is 1500. The van der Waals surface area contributed by atoms with E-state index in [-0.39, 0.29) is 29.5 Å². The van der Waals surface area contributed by atoms with Gasteiger partial charge in [-0.15, -0.1) is 11.3 Å². The topological polar surface area (TPSA) is 124 Å².